The van der Waals surface area contributed by atoms with Gasteiger partial charge in [-0.3, -0.25) is 4.90 Å². The Morgan fingerprint density at radius 3 is 2.79 bits per heavy atom. The fourth-order valence-corrected chi connectivity index (χ4v) is 6.33. The second-order valence-corrected chi connectivity index (χ2v) is 11.0. The van der Waals surface area contributed by atoms with Crippen LogP contribution in [-0.2, 0) is 13.0 Å². The Kier molecular flexibility index (Phi) is 7.03. The number of piperidine rings is 1. The van der Waals surface area contributed by atoms with Crippen molar-refractivity contribution in [2.24, 2.45) is 5.92 Å². The quantitative estimate of drug-likeness (QED) is 0.471. The van der Waals surface area contributed by atoms with E-state index in [1.54, 1.807) is 0 Å². The molecule has 3 aliphatic heterocycles. The van der Waals surface area contributed by atoms with E-state index in [1.165, 1.54) is 22.0 Å². The Morgan fingerprint density at radius 1 is 1.08 bits per heavy atom. The predicted octanol–water partition coefficient (Wildman–Crippen LogP) is 4.74. The van der Waals surface area contributed by atoms with Crippen LogP contribution in [0.5, 0.6) is 6.01 Å². The molecule has 3 atom stereocenters. The monoisotopic (exact) mass is 514 g/mol. The molecule has 1 aromatic heterocycles. The van der Waals surface area contributed by atoms with Gasteiger partial charge in [-0.05, 0) is 50.1 Å². The van der Waals surface area contributed by atoms with Gasteiger partial charge in [0.1, 0.15) is 18.6 Å². The molecule has 1 unspecified atom stereocenters. The molecule has 6 rings (SSSR count). The van der Waals surface area contributed by atoms with Crippen molar-refractivity contribution in [2.75, 3.05) is 49.6 Å². The molecule has 38 heavy (non-hydrogen) atoms. The molecular weight excluding hydrogens is 479 g/mol. The van der Waals surface area contributed by atoms with E-state index < -0.39 is 6.17 Å². The first-order valence-electron chi connectivity index (χ1n) is 13.8. The van der Waals surface area contributed by atoms with Gasteiger partial charge in [0, 0.05) is 55.3 Å². The highest BCUT2D eigenvalue weighted by molar-refractivity contribution is 5.94. The molecule has 2 aromatic carbocycles. The van der Waals surface area contributed by atoms with Crippen molar-refractivity contribution in [3.63, 3.8) is 0 Å². The Morgan fingerprint density at radius 2 is 1.95 bits per heavy atom. The van der Waals surface area contributed by atoms with Crippen molar-refractivity contribution in [3.05, 3.63) is 53.7 Å². The van der Waals surface area contributed by atoms with Gasteiger partial charge in [-0.15, -0.1) is 0 Å². The Bertz CT molecular complexity index is 1340. The number of rotatable bonds is 6. The minimum absolute atomic E-state index is 0.0234. The van der Waals surface area contributed by atoms with Gasteiger partial charge in [-0.2, -0.15) is 15.2 Å². The third kappa shape index (κ3) is 5.00. The van der Waals surface area contributed by atoms with Crippen molar-refractivity contribution in [3.8, 4) is 12.1 Å². The molecule has 0 aliphatic carbocycles. The molecule has 8 heteroatoms. The summed E-state index contributed by atoms with van der Waals surface area (Å²) in [6.45, 7) is 4.14. The third-order valence-electron chi connectivity index (χ3n) is 8.37. The molecule has 4 heterocycles. The molecule has 3 aromatic rings. The predicted molar refractivity (Wildman–Crippen MR) is 147 cm³/mol. The number of hydrogen-bond donors (Lipinski definition) is 0. The molecule has 0 radical (unpaired) electrons. The van der Waals surface area contributed by atoms with E-state index in [2.05, 4.69) is 58.3 Å². The van der Waals surface area contributed by atoms with Crippen LogP contribution in [0.3, 0.4) is 0 Å². The zero-order valence-corrected chi connectivity index (χ0v) is 22.0. The van der Waals surface area contributed by atoms with Gasteiger partial charge in [-0.1, -0.05) is 36.4 Å². The molecular formula is C30H35FN6O. The zero-order valence-electron chi connectivity index (χ0n) is 22.0. The summed E-state index contributed by atoms with van der Waals surface area (Å²) in [6, 6.07) is 17.7. The van der Waals surface area contributed by atoms with Crippen molar-refractivity contribution < 1.29 is 9.13 Å². The van der Waals surface area contributed by atoms with Crippen LogP contribution >= 0.6 is 0 Å². The fourth-order valence-electron chi connectivity index (χ4n) is 6.33. The number of ether oxygens (including phenoxy) is 1. The average Bonchev–Trinajstić information content (AvgIpc) is 3.27. The van der Waals surface area contributed by atoms with Crippen LogP contribution in [0.1, 0.15) is 36.9 Å². The first-order valence-corrected chi connectivity index (χ1v) is 13.8. The van der Waals surface area contributed by atoms with E-state index in [0.29, 0.717) is 44.5 Å². The highest BCUT2D eigenvalue weighted by Crippen LogP contribution is 2.35. The molecule has 198 valence electrons. The van der Waals surface area contributed by atoms with Gasteiger partial charge >= 0.3 is 6.01 Å². The molecule has 2 fully saturated rings. The summed E-state index contributed by atoms with van der Waals surface area (Å²) >= 11 is 0. The van der Waals surface area contributed by atoms with Crippen LogP contribution in [0.25, 0.3) is 10.8 Å². The minimum Gasteiger partial charge on any atom is -0.462 e. The number of anilines is 2. The van der Waals surface area contributed by atoms with Crippen LogP contribution in [0.4, 0.5) is 15.9 Å². The lowest BCUT2D eigenvalue weighted by Gasteiger charge is -2.37. The number of nitriles is 1. The number of fused-ring (bicyclic) bond motifs is 2. The van der Waals surface area contributed by atoms with Crippen molar-refractivity contribution in [1.82, 2.24) is 14.9 Å². The second-order valence-electron chi connectivity index (χ2n) is 11.0. The molecule has 3 aliphatic rings. The first-order chi connectivity index (χ1) is 18.6. The number of aromatic nitrogens is 2. The van der Waals surface area contributed by atoms with E-state index in [9.17, 15) is 9.65 Å². The van der Waals surface area contributed by atoms with E-state index in [4.69, 9.17) is 14.7 Å². The van der Waals surface area contributed by atoms with E-state index in [-0.39, 0.29) is 6.04 Å². The summed E-state index contributed by atoms with van der Waals surface area (Å²) < 4.78 is 20.1. The summed E-state index contributed by atoms with van der Waals surface area (Å²) in [5.41, 5.74) is 3.40. The Balaban J connectivity index is 1.31. The van der Waals surface area contributed by atoms with E-state index >= 15 is 0 Å². The number of likely N-dealkylation sites (tertiary alicyclic amines) is 1. The van der Waals surface area contributed by atoms with E-state index in [0.717, 1.165) is 50.4 Å². The van der Waals surface area contributed by atoms with Crippen LogP contribution in [0.15, 0.2) is 42.5 Å². The number of hydrogen-bond acceptors (Lipinski definition) is 7. The lowest BCUT2D eigenvalue weighted by Crippen LogP contribution is -2.39. The van der Waals surface area contributed by atoms with Gasteiger partial charge in [0.05, 0.1) is 18.3 Å². The standard InChI is InChI=1S/C30H35FN6O/c1-35-18-23(31)16-24(35)20-38-30-33-27-19-36(28-10-4-8-22-7-2-3-9-25(22)28)15-12-26(27)29(34-30)37-14-5-6-21(17-37)11-13-32/h2-4,7-10,21,23-24H,5-6,11-12,14-20H2,1H3/t21?,23-,24+/m1/s1. The number of nitrogens with zero attached hydrogens (tertiary/aromatic N) is 6. The fraction of sp³-hybridized carbons (Fsp3) is 0.500. The van der Waals surface area contributed by atoms with Crippen molar-refractivity contribution >= 4 is 22.3 Å². The SMILES string of the molecule is CN1C[C@H](F)C[C@H]1COc1nc2c(c(N3CCCC(CC#N)C3)n1)CCN(c1cccc3ccccc13)C2. The molecule has 0 bridgehead atoms. The zero-order chi connectivity index (χ0) is 26.1. The minimum atomic E-state index is -0.812. The highest BCUT2D eigenvalue weighted by Gasteiger charge is 2.32. The van der Waals surface area contributed by atoms with Gasteiger partial charge in [0.15, 0.2) is 0 Å². The number of halogens is 1. The smallest absolute Gasteiger partial charge is 0.318 e. The number of likely N-dealkylation sites (N-methyl/N-ethyl adjacent to an activating group) is 1. The maximum Gasteiger partial charge on any atom is 0.318 e. The molecule has 0 amide bonds. The maximum atomic E-state index is 13.9. The largest absolute Gasteiger partial charge is 0.462 e. The lowest BCUT2D eigenvalue weighted by atomic mass is 9.94. The number of alkyl halides is 1. The van der Waals surface area contributed by atoms with Gasteiger partial charge < -0.3 is 14.5 Å². The van der Waals surface area contributed by atoms with Crippen LogP contribution in [-0.4, -0.2) is 66.9 Å². The highest BCUT2D eigenvalue weighted by atomic mass is 19.1. The summed E-state index contributed by atoms with van der Waals surface area (Å²) in [6.07, 6.45) is 3.21. The topological polar surface area (TPSA) is 68.5 Å². The molecule has 0 saturated carbocycles. The Labute approximate surface area is 223 Å². The van der Waals surface area contributed by atoms with Crippen molar-refractivity contribution in [2.45, 2.75) is 50.9 Å². The summed E-state index contributed by atoms with van der Waals surface area (Å²) in [7, 11) is 1.94. The Hall–Kier alpha value is -3.44. The van der Waals surface area contributed by atoms with Crippen molar-refractivity contribution in [1.29, 1.82) is 5.26 Å². The molecule has 0 N–H and O–H groups in total. The second kappa shape index (κ2) is 10.7. The van der Waals surface area contributed by atoms with Crippen LogP contribution in [0.2, 0.25) is 0 Å². The lowest BCUT2D eigenvalue weighted by molar-refractivity contribution is 0.187. The van der Waals surface area contributed by atoms with Crippen LogP contribution < -0.4 is 14.5 Å². The summed E-state index contributed by atoms with van der Waals surface area (Å²) in [5, 5.41) is 11.8. The van der Waals surface area contributed by atoms with Gasteiger partial charge in [0.2, 0.25) is 0 Å². The molecule has 2 saturated heterocycles. The maximum absolute atomic E-state index is 13.9. The molecule has 7 nitrogen and oxygen atoms in total. The average molecular weight is 515 g/mol. The normalized spacial score (nSPS) is 23.9. The first kappa shape index (κ1) is 24.9. The van der Waals surface area contributed by atoms with Gasteiger partial charge in [-0.25, -0.2) is 4.39 Å². The third-order valence-corrected chi connectivity index (χ3v) is 8.37. The van der Waals surface area contributed by atoms with E-state index in [1.807, 2.05) is 11.9 Å². The van der Waals surface area contributed by atoms with Crippen LogP contribution in [0, 0.1) is 17.2 Å². The summed E-state index contributed by atoms with van der Waals surface area (Å²) in [4.78, 5) is 16.6. The molecule has 0 spiro atoms. The van der Waals surface area contributed by atoms with Gasteiger partial charge in [0.25, 0.3) is 0 Å². The summed E-state index contributed by atoms with van der Waals surface area (Å²) in [5.74, 6) is 1.31. The number of benzene rings is 2.